The van der Waals surface area contributed by atoms with Crippen molar-refractivity contribution in [1.82, 2.24) is 4.98 Å². The molecule has 0 N–H and O–H groups in total. The van der Waals surface area contributed by atoms with Gasteiger partial charge in [-0.2, -0.15) is 0 Å². The van der Waals surface area contributed by atoms with Gasteiger partial charge in [0.1, 0.15) is 10.5 Å². The SMILES string of the molecule is CCOC(=O)CCC(=O)N(Cc1nc2c(Cl)c(Cl)ccc2s1)c1ccccc1SC. The molecule has 0 unspecified atom stereocenters. The number of hydrogen-bond acceptors (Lipinski definition) is 6. The Hall–Kier alpha value is -1.80. The van der Waals surface area contributed by atoms with Crippen LogP contribution in [0.25, 0.3) is 10.2 Å². The smallest absolute Gasteiger partial charge is 0.306 e. The predicted octanol–water partition coefficient (Wildman–Crippen LogP) is 6.20. The number of halogens is 2. The molecule has 0 aliphatic carbocycles. The molecule has 1 amide bonds. The number of carbonyl (C=O) groups excluding carboxylic acids is 2. The van der Waals surface area contributed by atoms with Gasteiger partial charge in [-0.3, -0.25) is 9.59 Å². The largest absolute Gasteiger partial charge is 0.466 e. The van der Waals surface area contributed by atoms with E-state index < -0.39 is 0 Å². The normalized spacial score (nSPS) is 10.9. The number of benzene rings is 2. The van der Waals surface area contributed by atoms with Crippen LogP contribution in [-0.2, 0) is 20.9 Å². The molecule has 0 atom stereocenters. The maximum absolute atomic E-state index is 13.1. The molecule has 1 aromatic heterocycles. The van der Waals surface area contributed by atoms with Crippen molar-refractivity contribution in [3.8, 4) is 0 Å². The number of para-hydroxylation sites is 1. The first-order valence-corrected chi connectivity index (χ1v) is 12.1. The fourth-order valence-electron chi connectivity index (χ4n) is 2.92. The number of esters is 1. The molecule has 0 saturated heterocycles. The fourth-order valence-corrected chi connectivity index (χ4v) is 4.91. The van der Waals surface area contributed by atoms with Gasteiger partial charge in [0.05, 0.1) is 40.0 Å². The molecule has 3 rings (SSSR count). The first-order valence-electron chi connectivity index (χ1n) is 9.27. The average Bonchev–Trinajstić information content (AvgIpc) is 3.17. The highest BCUT2D eigenvalue weighted by molar-refractivity contribution is 7.98. The van der Waals surface area contributed by atoms with E-state index >= 15 is 0 Å². The number of nitrogens with zero attached hydrogens (tertiary/aromatic N) is 2. The zero-order valence-corrected chi connectivity index (χ0v) is 19.6. The number of aromatic nitrogens is 1. The van der Waals surface area contributed by atoms with Gasteiger partial charge in [0.25, 0.3) is 0 Å². The number of ether oxygens (including phenoxy) is 1. The summed E-state index contributed by atoms with van der Waals surface area (Å²) in [6, 6.07) is 11.3. The van der Waals surface area contributed by atoms with Crippen LogP contribution in [0.3, 0.4) is 0 Å². The van der Waals surface area contributed by atoms with Crippen LogP contribution in [0, 0.1) is 0 Å². The van der Waals surface area contributed by atoms with Crippen LogP contribution in [0.4, 0.5) is 5.69 Å². The summed E-state index contributed by atoms with van der Waals surface area (Å²) in [5.74, 6) is -0.557. The molecule has 0 saturated carbocycles. The van der Waals surface area contributed by atoms with Crippen molar-refractivity contribution in [1.29, 1.82) is 0 Å². The Morgan fingerprint density at radius 2 is 1.93 bits per heavy atom. The minimum Gasteiger partial charge on any atom is -0.466 e. The predicted molar refractivity (Wildman–Crippen MR) is 125 cm³/mol. The lowest BCUT2D eigenvalue weighted by Crippen LogP contribution is -2.31. The highest BCUT2D eigenvalue weighted by atomic mass is 35.5. The van der Waals surface area contributed by atoms with Gasteiger partial charge in [-0.25, -0.2) is 4.98 Å². The van der Waals surface area contributed by atoms with E-state index in [1.165, 1.54) is 11.3 Å². The molecule has 3 aromatic rings. The summed E-state index contributed by atoms with van der Waals surface area (Å²) >= 11 is 15.4. The number of fused-ring (bicyclic) bond motifs is 1. The summed E-state index contributed by atoms with van der Waals surface area (Å²) in [6.45, 7) is 2.30. The molecule has 0 fully saturated rings. The summed E-state index contributed by atoms with van der Waals surface area (Å²) in [6.07, 6.45) is 2.05. The summed E-state index contributed by atoms with van der Waals surface area (Å²) in [4.78, 5) is 32.1. The van der Waals surface area contributed by atoms with Crippen LogP contribution < -0.4 is 4.90 Å². The molecule has 0 aliphatic heterocycles. The molecule has 0 aliphatic rings. The van der Waals surface area contributed by atoms with E-state index in [2.05, 4.69) is 4.98 Å². The second kappa shape index (κ2) is 10.5. The monoisotopic (exact) mass is 482 g/mol. The van der Waals surface area contributed by atoms with Gasteiger partial charge in [-0.1, -0.05) is 35.3 Å². The van der Waals surface area contributed by atoms with Gasteiger partial charge in [-0.15, -0.1) is 23.1 Å². The molecule has 1 heterocycles. The summed E-state index contributed by atoms with van der Waals surface area (Å²) < 4.78 is 5.85. The third-order valence-corrected chi connectivity index (χ3v) is 6.90. The second-order valence-corrected chi connectivity index (χ2v) is 9.02. The minimum absolute atomic E-state index is 0.0336. The lowest BCUT2D eigenvalue weighted by atomic mass is 10.2. The van der Waals surface area contributed by atoms with E-state index in [4.69, 9.17) is 27.9 Å². The third kappa shape index (κ3) is 5.27. The zero-order valence-electron chi connectivity index (χ0n) is 16.5. The Balaban J connectivity index is 1.92. The number of hydrogen-bond donors (Lipinski definition) is 0. The van der Waals surface area contributed by atoms with Gasteiger partial charge in [0, 0.05) is 11.3 Å². The Morgan fingerprint density at radius 1 is 1.17 bits per heavy atom. The van der Waals surface area contributed by atoms with E-state index in [0.717, 1.165) is 20.3 Å². The quantitative estimate of drug-likeness (QED) is 0.282. The summed E-state index contributed by atoms with van der Waals surface area (Å²) in [5, 5.41) is 1.58. The standard InChI is InChI=1S/C21H20Cl2N2O3S2/c1-3-28-19(27)11-10-18(26)25(14-6-4-5-7-15(14)29-2)12-17-24-21-16(30-17)9-8-13(22)20(21)23/h4-9H,3,10-12H2,1-2H3. The number of thiazole rings is 1. The molecular formula is C21H20Cl2N2O3S2. The Morgan fingerprint density at radius 3 is 2.67 bits per heavy atom. The highest BCUT2D eigenvalue weighted by Gasteiger charge is 2.22. The van der Waals surface area contributed by atoms with Crippen molar-refractivity contribution in [3.05, 3.63) is 51.5 Å². The van der Waals surface area contributed by atoms with Crippen LogP contribution in [0.2, 0.25) is 10.0 Å². The maximum Gasteiger partial charge on any atom is 0.306 e. The van der Waals surface area contributed by atoms with Gasteiger partial charge in [0.2, 0.25) is 5.91 Å². The van der Waals surface area contributed by atoms with Crippen LogP contribution in [0.1, 0.15) is 24.8 Å². The van der Waals surface area contributed by atoms with E-state index in [-0.39, 0.29) is 31.3 Å². The maximum atomic E-state index is 13.1. The van der Waals surface area contributed by atoms with Crippen molar-refractivity contribution < 1.29 is 14.3 Å². The van der Waals surface area contributed by atoms with Gasteiger partial charge >= 0.3 is 5.97 Å². The van der Waals surface area contributed by atoms with Gasteiger partial charge in [0.15, 0.2) is 0 Å². The highest BCUT2D eigenvalue weighted by Crippen LogP contribution is 2.35. The lowest BCUT2D eigenvalue weighted by Gasteiger charge is -2.24. The van der Waals surface area contributed by atoms with Crippen LogP contribution in [-0.4, -0.2) is 29.7 Å². The molecule has 0 radical (unpaired) electrons. The molecule has 2 aromatic carbocycles. The zero-order chi connectivity index (χ0) is 21.7. The lowest BCUT2D eigenvalue weighted by molar-refractivity contribution is -0.144. The second-order valence-electron chi connectivity index (χ2n) is 6.27. The average molecular weight is 483 g/mol. The van der Waals surface area contributed by atoms with Crippen molar-refractivity contribution in [3.63, 3.8) is 0 Å². The van der Waals surface area contributed by atoms with Crippen LogP contribution in [0.5, 0.6) is 0 Å². The van der Waals surface area contributed by atoms with Gasteiger partial charge in [-0.05, 0) is 37.4 Å². The molecule has 0 bridgehead atoms. The molecule has 9 heteroatoms. The van der Waals surface area contributed by atoms with Gasteiger partial charge < -0.3 is 9.64 Å². The number of carbonyl (C=O) groups is 2. The van der Waals surface area contributed by atoms with Crippen molar-refractivity contribution >= 4 is 74.1 Å². The van der Waals surface area contributed by atoms with Crippen molar-refractivity contribution in [2.45, 2.75) is 31.2 Å². The van der Waals surface area contributed by atoms with Crippen LogP contribution >= 0.6 is 46.3 Å². The van der Waals surface area contributed by atoms with Crippen molar-refractivity contribution in [2.75, 3.05) is 17.8 Å². The first kappa shape index (κ1) is 22.9. The first-order chi connectivity index (χ1) is 14.4. The Labute approximate surface area is 193 Å². The Bertz CT molecular complexity index is 1070. The molecular weight excluding hydrogens is 463 g/mol. The van der Waals surface area contributed by atoms with E-state index in [9.17, 15) is 9.59 Å². The molecule has 158 valence electrons. The number of rotatable bonds is 8. The fraction of sp³-hybridized carbons (Fsp3) is 0.286. The number of amides is 1. The van der Waals surface area contributed by atoms with Crippen LogP contribution in [0.15, 0.2) is 41.3 Å². The van der Waals surface area contributed by atoms with E-state index in [0.29, 0.717) is 22.2 Å². The Kier molecular flexibility index (Phi) is 7.99. The van der Waals surface area contributed by atoms with E-state index in [1.54, 1.807) is 29.7 Å². The topological polar surface area (TPSA) is 59.5 Å². The van der Waals surface area contributed by atoms with Crippen molar-refractivity contribution in [2.24, 2.45) is 0 Å². The molecule has 30 heavy (non-hydrogen) atoms. The summed E-state index contributed by atoms with van der Waals surface area (Å²) in [7, 11) is 0. The van der Waals surface area contributed by atoms with E-state index in [1.807, 2.05) is 36.6 Å². The summed E-state index contributed by atoms with van der Waals surface area (Å²) in [5.41, 5.74) is 1.41. The number of anilines is 1. The molecule has 5 nitrogen and oxygen atoms in total. The third-order valence-electron chi connectivity index (χ3n) is 4.31. The number of thioether (sulfide) groups is 1. The molecule has 0 spiro atoms. The minimum atomic E-state index is -0.384.